The van der Waals surface area contributed by atoms with Crippen LogP contribution >= 0.6 is 23.2 Å². The number of carbonyl (C=O) groups excluding carboxylic acids is 1. The Balaban J connectivity index is 1.39. The monoisotopic (exact) mass is 467 g/mol. The molecule has 32 heavy (non-hydrogen) atoms. The van der Waals surface area contributed by atoms with Gasteiger partial charge in [-0.2, -0.15) is 5.10 Å². The van der Waals surface area contributed by atoms with Crippen molar-refractivity contribution in [3.8, 4) is 17.0 Å². The van der Waals surface area contributed by atoms with Gasteiger partial charge >= 0.3 is 0 Å². The van der Waals surface area contributed by atoms with Crippen LogP contribution in [0.25, 0.3) is 22.2 Å². The molecule has 0 saturated heterocycles. The Kier molecular flexibility index (Phi) is 5.45. The van der Waals surface area contributed by atoms with Gasteiger partial charge in [-0.1, -0.05) is 23.2 Å². The summed E-state index contributed by atoms with van der Waals surface area (Å²) in [6.07, 6.45) is 6.32. The Hall–Kier alpha value is -3.16. The molecule has 3 heterocycles. The van der Waals surface area contributed by atoms with E-state index in [0.29, 0.717) is 27.2 Å². The third-order valence-corrected chi connectivity index (χ3v) is 5.98. The van der Waals surface area contributed by atoms with Crippen molar-refractivity contribution >= 4 is 45.8 Å². The maximum absolute atomic E-state index is 11.9. The van der Waals surface area contributed by atoms with Gasteiger partial charge in [0.25, 0.3) is 0 Å². The quantitative estimate of drug-likeness (QED) is 0.372. The number of anilines is 1. The van der Waals surface area contributed by atoms with Gasteiger partial charge in [0.05, 0.1) is 15.6 Å². The molecule has 1 fully saturated rings. The Morgan fingerprint density at radius 1 is 1.16 bits per heavy atom. The van der Waals surface area contributed by atoms with Crippen molar-refractivity contribution in [3.63, 3.8) is 0 Å². The number of nitrogens with one attached hydrogen (secondary N) is 2. The van der Waals surface area contributed by atoms with E-state index >= 15 is 0 Å². The number of nitrogens with zero attached hydrogens (tertiary/aromatic N) is 3. The molecule has 1 atom stereocenters. The number of fused-ring (bicyclic) bond motifs is 1. The number of hydrogen-bond donors (Lipinski definition) is 2. The Bertz CT molecular complexity index is 1280. The number of H-pyrrole nitrogens is 1. The number of aromatic amines is 1. The van der Waals surface area contributed by atoms with Crippen molar-refractivity contribution in [2.45, 2.75) is 25.9 Å². The zero-order valence-electron chi connectivity index (χ0n) is 17.1. The highest BCUT2D eigenvalue weighted by molar-refractivity contribution is 6.35. The number of benzene rings is 1. The van der Waals surface area contributed by atoms with E-state index in [1.54, 1.807) is 24.7 Å². The molecular formula is C23H19Cl2N5O2. The summed E-state index contributed by atoms with van der Waals surface area (Å²) in [5.74, 6) is 1.34. The van der Waals surface area contributed by atoms with Crippen LogP contribution in [0.1, 0.15) is 31.4 Å². The number of pyridine rings is 2. The van der Waals surface area contributed by atoms with Gasteiger partial charge in [0.15, 0.2) is 0 Å². The lowest BCUT2D eigenvalue weighted by Crippen LogP contribution is -2.14. The van der Waals surface area contributed by atoms with Crippen LogP contribution in [0, 0.1) is 5.92 Å². The number of aromatic nitrogens is 4. The fourth-order valence-electron chi connectivity index (χ4n) is 3.54. The molecule has 1 aromatic carbocycles. The fraction of sp³-hybridized carbons (Fsp3) is 0.217. The molecule has 9 heteroatoms. The zero-order valence-corrected chi connectivity index (χ0v) is 18.6. The number of hydrogen-bond acceptors (Lipinski definition) is 5. The maximum atomic E-state index is 11.9. The summed E-state index contributed by atoms with van der Waals surface area (Å²) in [7, 11) is 0. The molecule has 0 aliphatic heterocycles. The Labute approximate surface area is 194 Å². The maximum Gasteiger partial charge on any atom is 0.228 e. The van der Waals surface area contributed by atoms with Crippen molar-refractivity contribution < 1.29 is 9.53 Å². The topological polar surface area (TPSA) is 92.8 Å². The minimum atomic E-state index is -0.373. The van der Waals surface area contributed by atoms with Crippen LogP contribution < -0.4 is 10.1 Å². The molecular weight excluding hydrogens is 449 g/mol. The highest BCUT2D eigenvalue weighted by atomic mass is 35.5. The summed E-state index contributed by atoms with van der Waals surface area (Å²) in [5.41, 5.74) is 3.12. The third kappa shape index (κ3) is 4.13. The van der Waals surface area contributed by atoms with E-state index < -0.39 is 0 Å². The Morgan fingerprint density at radius 3 is 2.62 bits per heavy atom. The largest absolute Gasteiger partial charge is 0.486 e. The van der Waals surface area contributed by atoms with Gasteiger partial charge in [0, 0.05) is 41.0 Å². The zero-order chi connectivity index (χ0) is 22.2. The number of ether oxygens (including phenoxy) is 1. The standard InChI is InChI=1S/C23H19Cl2N5O2/c1-12(21-17(24)10-26-11-18(21)25)32-15-5-6-19-16(8-15)22(30-29-19)14-4-7-20(27-9-14)28-23(31)13-2-3-13/h4-13H,2-3H2,1H3,(H,29,30)(H,27,28,31). The molecule has 7 nitrogen and oxygen atoms in total. The summed E-state index contributed by atoms with van der Waals surface area (Å²) in [6, 6.07) is 9.35. The first-order valence-electron chi connectivity index (χ1n) is 10.2. The van der Waals surface area contributed by atoms with Crippen LogP contribution in [0.2, 0.25) is 10.0 Å². The van der Waals surface area contributed by atoms with Gasteiger partial charge in [-0.3, -0.25) is 14.9 Å². The predicted octanol–water partition coefficient (Wildman–Crippen LogP) is 5.82. The van der Waals surface area contributed by atoms with Gasteiger partial charge in [-0.15, -0.1) is 0 Å². The molecule has 0 radical (unpaired) electrons. The van der Waals surface area contributed by atoms with Crippen molar-refractivity contribution in [1.82, 2.24) is 20.2 Å². The highest BCUT2D eigenvalue weighted by Gasteiger charge is 2.29. The normalized spacial score (nSPS) is 14.3. The molecule has 1 unspecified atom stereocenters. The molecule has 162 valence electrons. The van der Waals surface area contributed by atoms with Gasteiger partial charge in [0.1, 0.15) is 23.4 Å². The van der Waals surface area contributed by atoms with Crippen molar-refractivity contribution in [3.05, 3.63) is 64.5 Å². The molecule has 1 aliphatic carbocycles. The second kappa shape index (κ2) is 8.41. The molecule has 0 spiro atoms. The SMILES string of the molecule is CC(Oc1ccc2[nH]nc(-c3ccc(NC(=O)C4CC4)nc3)c2c1)c1c(Cl)cncc1Cl. The average molecular weight is 468 g/mol. The lowest BCUT2D eigenvalue weighted by atomic mass is 10.1. The van der Waals surface area contributed by atoms with E-state index in [1.807, 2.05) is 31.2 Å². The molecule has 1 aliphatic rings. The molecule has 5 rings (SSSR count). The first-order valence-corrected chi connectivity index (χ1v) is 11.0. The lowest BCUT2D eigenvalue weighted by molar-refractivity contribution is -0.117. The number of halogens is 2. The van der Waals surface area contributed by atoms with Crippen LogP contribution in [-0.2, 0) is 4.79 Å². The minimum Gasteiger partial charge on any atom is -0.486 e. The molecule has 1 amide bonds. The van der Waals surface area contributed by atoms with Gasteiger partial charge in [0.2, 0.25) is 5.91 Å². The third-order valence-electron chi connectivity index (χ3n) is 5.38. The van der Waals surface area contributed by atoms with Crippen LogP contribution in [0.15, 0.2) is 48.9 Å². The van der Waals surface area contributed by atoms with E-state index in [0.717, 1.165) is 35.0 Å². The lowest BCUT2D eigenvalue weighted by Gasteiger charge is -2.17. The van der Waals surface area contributed by atoms with E-state index in [1.165, 1.54) is 0 Å². The van der Waals surface area contributed by atoms with E-state index in [4.69, 9.17) is 27.9 Å². The van der Waals surface area contributed by atoms with Crippen LogP contribution in [0.5, 0.6) is 5.75 Å². The van der Waals surface area contributed by atoms with Gasteiger partial charge in [-0.05, 0) is 50.1 Å². The van der Waals surface area contributed by atoms with Crippen molar-refractivity contribution in [2.75, 3.05) is 5.32 Å². The molecule has 1 saturated carbocycles. The summed E-state index contributed by atoms with van der Waals surface area (Å²) in [6.45, 7) is 1.88. The van der Waals surface area contributed by atoms with Crippen LogP contribution in [0.4, 0.5) is 5.82 Å². The van der Waals surface area contributed by atoms with Crippen LogP contribution in [0.3, 0.4) is 0 Å². The van der Waals surface area contributed by atoms with E-state index in [9.17, 15) is 4.79 Å². The smallest absolute Gasteiger partial charge is 0.228 e. The number of amides is 1. The van der Waals surface area contributed by atoms with Gasteiger partial charge in [-0.25, -0.2) is 4.98 Å². The van der Waals surface area contributed by atoms with Gasteiger partial charge < -0.3 is 10.1 Å². The van der Waals surface area contributed by atoms with Crippen LogP contribution in [-0.4, -0.2) is 26.1 Å². The molecule has 0 bridgehead atoms. The fourth-order valence-corrected chi connectivity index (χ4v) is 4.21. The molecule has 2 N–H and O–H groups in total. The highest BCUT2D eigenvalue weighted by Crippen LogP contribution is 2.35. The van der Waals surface area contributed by atoms with Crippen molar-refractivity contribution in [1.29, 1.82) is 0 Å². The Morgan fingerprint density at radius 2 is 1.94 bits per heavy atom. The summed E-state index contributed by atoms with van der Waals surface area (Å²) < 4.78 is 6.12. The minimum absolute atomic E-state index is 0.0285. The molecule has 3 aromatic heterocycles. The summed E-state index contributed by atoms with van der Waals surface area (Å²) in [4.78, 5) is 20.3. The average Bonchev–Trinajstić information content (AvgIpc) is 3.54. The van der Waals surface area contributed by atoms with E-state index in [-0.39, 0.29) is 17.9 Å². The summed E-state index contributed by atoms with van der Waals surface area (Å²) in [5, 5.41) is 12.1. The second-order valence-electron chi connectivity index (χ2n) is 7.75. The first-order chi connectivity index (χ1) is 15.5. The number of carbonyl (C=O) groups is 1. The first kappa shape index (κ1) is 20.7. The summed E-state index contributed by atoms with van der Waals surface area (Å²) >= 11 is 12.5. The number of rotatable bonds is 6. The second-order valence-corrected chi connectivity index (χ2v) is 8.57. The van der Waals surface area contributed by atoms with Crippen molar-refractivity contribution in [2.24, 2.45) is 5.92 Å². The molecule has 4 aromatic rings. The predicted molar refractivity (Wildman–Crippen MR) is 124 cm³/mol. The van der Waals surface area contributed by atoms with E-state index in [2.05, 4.69) is 25.5 Å².